The van der Waals surface area contributed by atoms with Gasteiger partial charge in [0.1, 0.15) is 0 Å². The molecule has 1 heterocycles. The monoisotopic (exact) mass is 460 g/mol. The second-order valence-corrected chi connectivity index (χ2v) is 9.95. The van der Waals surface area contributed by atoms with Crippen molar-refractivity contribution >= 4 is 40.7 Å². The van der Waals surface area contributed by atoms with E-state index in [1.165, 1.54) is 48.3 Å². The van der Waals surface area contributed by atoms with Gasteiger partial charge in [-0.1, -0.05) is 73.0 Å². The number of hydrogen-bond acceptors (Lipinski definition) is 3. The summed E-state index contributed by atoms with van der Waals surface area (Å²) in [5.74, 6) is 0.380. The summed E-state index contributed by atoms with van der Waals surface area (Å²) in [4.78, 5) is 20.4. The number of nitrogens with one attached hydrogen (secondary N) is 1. The van der Waals surface area contributed by atoms with Gasteiger partial charge >= 0.3 is 0 Å². The number of fused-ring (bicyclic) bond motifs is 2. The van der Waals surface area contributed by atoms with Gasteiger partial charge in [0.25, 0.3) is 5.91 Å². The lowest BCUT2D eigenvalue weighted by Crippen LogP contribution is -2.22. The Morgan fingerprint density at radius 2 is 1.81 bits per heavy atom. The third-order valence-electron chi connectivity index (χ3n) is 6.18. The maximum atomic E-state index is 12.9. The summed E-state index contributed by atoms with van der Waals surface area (Å²) in [6.45, 7) is 0.438. The van der Waals surface area contributed by atoms with Gasteiger partial charge in [-0.25, -0.2) is 0 Å². The molecule has 32 heavy (non-hydrogen) atoms. The summed E-state index contributed by atoms with van der Waals surface area (Å²) in [6.07, 6.45) is 6.21. The number of amides is 1. The van der Waals surface area contributed by atoms with Gasteiger partial charge in [-0.3, -0.25) is 9.79 Å². The average Bonchev–Trinajstić information content (AvgIpc) is 2.99. The van der Waals surface area contributed by atoms with Crippen molar-refractivity contribution in [1.29, 1.82) is 0 Å². The highest BCUT2D eigenvalue weighted by molar-refractivity contribution is 7.99. The van der Waals surface area contributed by atoms with Crippen LogP contribution >= 0.6 is 23.4 Å². The highest BCUT2D eigenvalue weighted by Gasteiger charge is 2.26. The van der Waals surface area contributed by atoms with Gasteiger partial charge in [-0.15, -0.1) is 0 Å². The van der Waals surface area contributed by atoms with E-state index in [-0.39, 0.29) is 5.91 Å². The van der Waals surface area contributed by atoms with Crippen LogP contribution in [0.2, 0.25) is 5.02 Å². The van der Waals surface area contributed by atoms with Crippen molar-refractivity contribution < 1.29 is 4.79 Å². The number of rotatable bonds is 4. The van der Waals surface area contributed by atoms with Gasteiger partial charge in [0.15, 0.2) is 0 Å². The Kier molecular flexibility index (Phi) is 6.33. The Morgan fingerprint density at radius 3 is 2.66 bits per heavy atom. The zero-order valence-corrected chi connectivity index (χ0v) is 19.4. The van der Waals surface area contributed by atoms with Crippen LogP contribution < -0.4 is 5.32 Å². The third kappa shape index (κ3) is 4.62. The van der Waals surface area contributed by atoms with Crippen molar-refractivity contribution in [2.75, 3.05) is 0 Å². The largest absolute Gasteiger partial charge is 0.348 e. The molecule has 0 aromatic heterocycles. The van der Waals surface area contributed by atoms with Crippen molar-refractivity contribution in [3.05, 3.63) is 88.4 Å². The van der Waals surface area contributed by atoms with E-state index in [4.69, 9.17) is 16.6 Å². The minimum atomic E-state index is -0.103. The fourth-order valence-corrected chi connectivity index (χ4v) is 5.75. The Balaban J connectivity index is 1.44. The van der Waals surface area contributed by atoms with Gasteiger partial charge in [0.05, 0.1) is 11.4 Å². The van der Waals surface area contributed by atoms with Crippen LogP contribution in [0, 0.1) is 5.92 Å². The van der Waals surface area contributed by atoms with E-state index in [9.17, 15) is 4.79 Å². The normalized spacial score (nSPS) is 15.8. The summed E-state index contributed by atoms with van der Waals surface area (Å²) >= 11 is 7.80. The van der Waals surface area contributed by atoms with Gasteiger partial charge in [-0.2, -0.15) is 0 Å². The molecular weight excluding hydrogens is 436 g/mol. The predicted molar refractivity (Wildman–Crippen MR) is 132 cm³/mol. The number of benzene rings is 3. The van der Waals surface area contributed by atoms with Gasteiger partial charge < -0.3 is 5.32 Å². The zero-order chi connectivity index (χ0) is 21.9. The molecule has 3 aromatic carbocycles. The number of carbonyl (C=O) groups excluding carboxylic acids is 1. The lowest BCUT2D eigenvalue weighted by molar-refractivity contribution is 0.0951. The highest BCUT2D eigenvalue weighted by Crippen LogP contribution is 2.43. The Labute approximate surface area is 198 Å². The summed E-state index contributed by atoms with van der Waals surface area (Å²) in [5, 5.41) is 3.67. The molecule has 0 spiro atoms. The molecule has 1 fully saturated rings. The number of halogens is 1. The first-order chi connectivity index (χ1) is 15.7. The third-order valence-corrected chi connectivity index (χ3v) is 7.56. The molecule has 1 aliphatic heterocycles. The van der Waals surface area contributed by atoms with Crippen molar-refractivity contribution in [3.8, 4) is 0 Å². The first kappa shape index (κ1) is 21.3. The van der Waals surface area contributed by atoms with E-state index < -0.39 is 0 Å². The molecule has 0 bridgehead atoms. The maximum absolute atomic E-state index is 12.9. The molecule has 5 rings (SSSR count). The first-order valence-corrected chi connectivity index (χ1v) is 12.4. The summed E-state index contributed by atoms with van der Waals surface area (Å²) in [5.41, 5.74) is 4.92. The molecular formula is C27H25ClN2OS. The van der Waals surface area contributed by atoms with Crippen molar-refractivity contribution in [2.24, 2.45) is 10.9 Å². The molecule has 2 aliphatic rings. The fourth-order valence-electron chi connectivity index (χ4n) is 4.53. The van der Waals surface area contributed by atoms with Crippen LogP contribution in [-0.2, 0) is 6.54 Å². The molecule has 3 nitrogen and oxygen atoms in total. The van der Waals surface area contributed by atoms with E-state index in [1.54, 1.807) is 11.8 Å². The van der Waals surface area contributed by atoms with Crippen molar-refractivity contribution in [3.63, 3.8) is 0 Å². The van der Waals surface area contributed by atoms with Crippen LogP contribution in [0.1, 0.15) is 53.6 Å². The Hall–Kier alpha value is -2.56. The molecule has 1 saturated carbocycles. The molecule has 1 aliphatic carbocycles. The average molecular weight is 461 g/mol. The van der Waals surface area contributed by atoms with E-state index in [2.05, 4.69) is 29.6 Å². The molecule has 0 unspecified atom stereocenters. The van der Waals surface area contributed by atoms with Crippen LogP contribution in [0.25, 0.3) is 0 Å². The smallest absolute Gasteiger partial charge is 0.251 e. The second kappa shape index (κ2) is 9.51. The molecule has 162 valence electrons. The van der Waals surface area contributed by atoms with Crippen molar-refractivity contribution in [2.45, 2.75) is 48.4 Å². The van der Waals surface area contributed by atoms with Crippen LogP contribution in [0.15, 0.2) is 81.5 Å². The Morgan fingerprint density at radius 1 is 0.969 bits per heavy atom. The number of aliphatic imine (C=N–C) groups is 1. The number of carbonyl (C=O) groups is 1. The molecule has 0 atom stereocenters. The zero-order valence-electron chi connectivity index (χ0n) is 17.8. The molecule has 1 N–H and O–H groups in total. The lowest BCUT2D eigenvalue weighted by Gasteiger charge is -2.24. The van der Waals surface area contributed by atoms with Crippen molar-refractivity contribution in [1.82, 2.24) is 5.32 Å². The van der Waals surface area contributed by atoms with Crippen LogP contribution in [0.5, 0.6) is 0 Å². The van der Waals surface area contributed by atoms with E-state index in [0.717, 1.165) is 16.1 Å². The number of hydrogen-bond donors (Lipinski definition) is 1. The topological polar surface area (TPSA) is 41.5 Å². The second-order valence-electron chi connectivity index (χ2n) is 8.43. The standard InChI is InChI=1S/C27H25ClN2OS/c28-21-10-6-7-18(15-21)17-29-27(31)20-13-14-25-23(16-20)30-26(19-8-2-1-3-9-19)22-11-4-5-12-24(22)32-25/h4-7,10-16,19H,1-3,8-9,17H2,(H,29,31). The van der Waals surface area contributed by atoms with Gasteiger partial charge in [0, 0.05) is 38.4 Å². The maximum Gasteiger partial charge on any atom is 0.251 e. The van der Waals surface area contributed by atoms with Gasteiger partial charge in [-0.05, 0) is 54.8 Å². The SMILES string of the molecule is O=C(NCc1cccc(Cl)c1)c1ccc2c(c1)N=C(C1CCCCC1)c1ccccc1S2. The first-order valence-electron chi connectivity index (χ1n) is 11.2. The molecule has 0 saturated heterocycles. The Bertz CT molecular complexity index is 1180. The van der Waals surface area contributed by atoms with E-state index in [0.29, 0.717) is 23.0 Å². The molecule has 1 amide bonds. The molecule has 3 aromatic rings. The van der Waals surface area contributed by atoms with E-state index in [1.807, 2.05) is 42.5 Å². The molecule has 5 heteroatoms. The number of nitrogens with zero attached hydrogens (tertiary/aromatic N) is 1. The van der Waals surface area contributed by atoms with Gasteiger partial charge in [0.2, 0.25) is 0 Å². The minimum absolute atomic E-state index is 0.103. The summed E-state index contributed by atoms with van der Waals surface area (Å²) in [7, 11) is 0. The fraction of sp³-hybridized carbons (Fsp3) is 0.259. The quantitative estimate of drug-likeness (QED) is 0.439. The van der Waals surface area contributed by atoms with Crippen LogP contribution in [-0.4, -0.2) is 11.6 Å². The van der Waals surface area contributed by atoms with E-state index >= 15 is 0 Å². The highest BCUT2D eigenvalue weighted by atomic mass is 35.5. The van der Waals surface area contributed by atoms with Crippen LogP contribution in [0.4, 0.5) is 5.69 Å². The summed E-state index contributed by atoms with van der Waals surface area (Å²) in [6, 6.07) is 22.0. The predicted octanol–water partition coefficient (Wildman–Crippen LogP) is 7.44. The lowest BCUT2D eigenvalue weighted by atomic mass is 9.83. The minimum Gasteiger partial charge on any atom is -0.348 e. The van der Waals surface area contributed by atoms with Crippen LogP contribution in [0.3, 0.4) is 0 Å². The summed E-state index contributed by atoms with van der Waals surface area (Å²) < 4.78 is 0. The molecule has 0 radical (unpaired) electrons.